The largest absolute Gasteiger partial charge is 0.481 e. The Kier molecular flexibility index (Phi) is 4.19. The van der Waals surface area contributed by atoms with Crippen molar-refractivity contribution >= 4 is 11.9 Å². The van der Waals surface area contributed by atoms with Gasteiger partial charge >= 0.3 is 5.97 Å². The molecule has 1 unspecified atom stereocenters. The first kappa shape index (κ1) is 13.1. The third-order valence-electron chi connectivity index (χ3n) is 2.75. The lowest BCUT2D eigenvalue weighted by atomic mass is 9.88. The monoisotopic (exact) mass is 240 g/mol. The smallest absolute Gasteiger partial charge is 0.311 e. The second-order valence-corrected chi connectivity index (χ2v) is 4.10. The predicted octanol–water partition coefficient (Wildman–Crippen LogP) is -0.105. The first-order valence-corrected chi connectivity index (χ1v) is 5.32. The molecule has 0 aromatic carbocycles. The van der Waals surface area contributed by atoms with E-state index < -0.39 is 11.4 Å². The van der Waals surface area contributed by atoms with Crippen LogP contribution in [0, 0.1) is 5.41 Å². The van der Waals surface area contributed by atoms with Gasteiger partial charge in [0.05, 0.1) is 11.6 Å². The first-order chi connectivity index (χ1) is 7.98. The molecule has 7 nitrogen and oxygen atoms in total. The van der Waals surface area contributed by atoms with Crippen molar-refractivity contribution < 1.29 is 14.7 Å². The molecule has 1 atom stereocenters. The highest BCUT2D eigenvalue weighted by Gasteiger charge is 2.31. The summed E-state index contributed by atoms with van der Waals surface area (Å²) in [6.07, 6.45) is 3.49. The Labute approximate surface area is 98.8 Å². The summed E-state index contributed by atoms with van der Waals surface area (Å²) in [4.78, 5) is 22.5. The van der Waals surface area contributed by atoms with Crippen molar-refractivity contribution in [2.45, 2.75) is 26.8 Å². The average Bonchev–Trinajstić information content (AvgIpc) is 2.78. The van der Waals surface area contributed by atoms with Gasteiger partial charge in [-0.2, -0.15) is 0 Å². The number of carboxylic acids is 1. The number of nitrogens with zero attached hydrogens (tertiary/aromatic N) is 3. The van der Waals surface area contributed by atoms with Crippen LogP contribution in [0.1, 0.15) is 20.3 Å². The van der Waals surface area contributed by atoms with Gasteiger partial charge in [-0.15, -0.1) is 5.10 Å². The molecule has 17 heavy (non-hydrogen) atoms. The summed E-state index contributed by atoms with van der Waals surface area (Å²) in [5, 5.41) is 18.8. The van der Waals surface area contributed by atoms with Crippen molar-refractivity contribution in [1.29, 1.82) is 0 Å². The number of carboxylic acid groups (broad SMARTS) is 1. The van der Waals surface area contributed by atoms with Crippen LogP contribution in [-0.4, -0.2) is 38.5 Å². The number of hydrogen-bond donors (Lipinski definition) is 2. The minimum Gasteiger partial charge on any atom is -0.481 e. The van der Waals surface area contributed by atoms with Gasteiger partial charge in [-0.25, -0.2) is 4.68 Å². The maximum atomic E-state index is 11.5. The second kappa shape index (κ2) is 5.42. The number of hydrogen-bond acceptors (Lipinski definition) is 4. The highest BCUT2D eigenvalue weighted by Crippen LogP contribution is 2.19. The SMILES string of the molecule is CCC(C)(CNC(=O)Cn1ccnn1)C(=O)O. The van der Waals surface area contributed by atoms with Crippen LogP contribution >= 0.6 is 0 Å². The Morgan fingerprint density at radius 3 is 2.71 bits per heavy atom. The van der Waals surface area contributed by atoms with Gasteiger partial charge < -0.3 is 10.4 Å². The molecule has 0 aliphatic heterocycles. The molecule has 7 heteroatoms. The number of carbonyl (C=O) groups is 2. The summed E-state index contributed by atoms with van der Waals surface area (Å²) >= 11 is 0. The minimum absolute atomic E-state index is 0.0411. The molecule has 0 radical (unpaired) electrons. The molecule has 1 aromatic rings. The van der Waals surface area contributed by atoms with E-state index in [0.717, 1.165) is 0 Å². The van der Waals surface area contributed by atoms with Crippen LogP contribution in [0.5, 0.6) is 0 Å². The fraction of sp³-hybridized carbons (Fsp3) is 0.600. The number of rotatable bonds is 6. The lowest BCUT2D eigenvalue weighted by Gasteiger charge is -2.23. The molecule has 0 saturated carbocycles. The van der Waals surface area contributed by atoms with Crippen LogP contribution in [0.25, 0.3) is 0 Å². The van der Waals surface area contributed by atoms with Gasteiger partial charge in [0.15, 0.2) is 0 Å². The van der Waals surface area contributed by atoms with Gasteiger partial charge in [-0.1, -0.05) is 12.1 Å². The van der Waals surface area contributed by atoms with Gasteiger partial charge in [0.25, 0.3) is 0 Å². The molecular weight excluding hydrogens is 224 g/mol. The van der Waals surface area contributed by atoms with Crippen LogP contribution < -0.4 is 5.32 Å². The summed E-state index contributed by atoms with van der Waals surface area (Å²) < 4.78 is 1.37. The van der Waals surface area contributed by atoms with Gasteiger partial charge in [0.1, 0.15) is 6.54 Å². The normalized spacial score (nSPS) is 14.0. The molecule has 1 amide bonds. The van der Waals surface area contributed by atoms with E-state index in [0.29, 0.717) is 6.42 Å². The molecule has 1 aromatic heterocycles. The van der Waals surface area contributed by atoms with Crippen molar-refractivity contribution in [3.8, 4) is 0 Å². The molecular formula is C10H16N4O3. The summed E-state index contributed by atoms with van der Waals surface area (Å²) in [7, 11) is 0. The summed E-state index contributed by atoms with van der Waals surface area (Å²) in [6, 6.07) is 0. The minimum atomic E-state index is -0.933. The molecule has 1 heterocycles. The third-order valence-corrected chi connectivity index (χ3v) is 2.75. The van der Waals surface area contributed by atoms with E-state index in [1.807, 2.05) is 0 Å². The van der Waals surface area contributed by atoms with E-state index in [4.69, 9.17) is 5.11 Å². The van der Waals surface area contributed by atoms with Gasteiger partial charge in [0, 0.05) is 12.7 Å². The number of nitrogens with one attached hydrogen (secondary N) is 1. The van der Waals surface area contributed by atoms with Crippen LogP contribution in [0.2, 0.25) is 0 Å². The molecule has 0 saturated heterocycles. The highest BCUT2D eigenvalue weighted by molar-refractivity contribution is 5.78. The Morgan fingerprint density at radius 2 is 2.24 bits per heavy atom. The third kappa shape index (κ3) is 3.54. The van der Waals surface area contributed by atoms with E-state index in [9.17, 15) is 9.59 Å². The van der Waals surface area contributed by atoms with E-state index in [1.165, 1.54) is 10.9 Å². The molecule has 2 N–H and O–H groups in total. The Hall–Kier alpha value is -1.92. The Balaban J connectivity index is 2.45. The molecule has 0 aliphatic carbocycles. The predicted molar refractivity (Wildman–Crippen MR) is 59.1 cm³/mol. The molecule has 1 rings (SSSR count). The number of amides is 1. The van der Waals surface area contributed by atoms with E-state index in [1.54, 1.807) is 20.0 Å². The van der Waals surface area contributed by atoms with Gasteiger partial charge in [-0.05, 0) is 13.3 Å². The van der Waals surface area contributed by atoms with Gasteiger partial charge in [-0.3, -0.25) is 9.59 Å². The maximum Gasteiger partial charge on any atom is 0.311 e. The zero-order valence-electron chi connectivity index (χ0n) is 9.88. The lowest BCUT2D eigenvalue weighted by Crippen LogP contribution is -2.41. The highest BCUT2D eigenvalue weighted by atomic mass is 16.4. The van der Waals surface area contributed by atoms with E-state index in [-0.39, 0.29) is 19.0 Å². The van der Waals surface area contributed by atoms with E-state index in [2.05, 4.69) is 15.6 Å². The zero-order chi connectivity index (χ0) is 12.9. The van der Waals surface area contributed by atoms with Crippen LogP contribution in [0.3, 0.4) is 0 Å². The van der Waals surface area contributed by atoms with Crippen molar-refractivity contribution in [3.63, 3.8) is 0 Å². The second-order valence-electron chi connectivity index (χ2n) is 4.10. The van der Waals surface area contributed by atoms with Crippen molar-refractivity contribution in [2.75, 3.05) is 6.54 Å². The maximum absolute atomic E-state index is 11.5. The zero-order valence-corrected chi connectivity index (χ0v) is 9.88. The Bertz CT molecular complexity index is 390. The quantitative estimate of drug-likeness (QED) is 0.723. The molecule has 0 bridgehead atoms. The fourth-order valence-electron chi connectivity index (χ4n) is 1.17. The number of aromatic nitrogens is 3. The standard InChI is InChI=1S/C10H16N4O3/c1-3-10(2,9(16)17)7-11-8(15)6-14-5-4-12-13-14/h4-5H,3,6-7H2,1-2H3,(H,11,15)(H,16,17). The summed E-state index contributed by atoms with van der Waals surface area (Å²) in [5.41, 5.74) is -0.933. The van der Waals surface area contributed by atoms with E-state index >= 15 is 0 Å². The van der Waals surface area contributed by atoms with Gasteiger partial charge in [0.2, 0.25) is 5.91 Å². The first-order valence-electron chi connectivity index (χ1n) is 5.32. The van der Waals surface area contributed by atoms with Crippen LogP contribution in [0.4, 0.5) is 0 Å². The molecule has 0 aliphatic rings. The summed E-state index contributed by atoms with van der Waals surface area (Å²) in [6.45, 7) is 3.52. The number of carbonyl (C=O) groups excluding carboxylic acids is 1. The lowest BCUT2D eigenvalue weighted by molar-refractivity contribution is -0.148. The Morgan fingerprint density at radius 1 is 1.53 bits per heavy atom. The fourth-order valence-corrected chi connectivity index (χ4v) is 1.17. The van der Waals surface area contributed by atoms with Crippen molar-refractivity contribution in [2.24, 2.45) is 5.41 Å². The average molecular weight is 240 g/mol. The van der Waals surface area contributed by atoms with Crippen LogP contribution in [0.15, 0.2) is 12.4 Å². The molecule has 94 valence electrons. The number of aliphatic carboxylic acids is 1. The summed E-state index contributed by atoms with van der Waals surface area (Å²) in [5.74, 6) is -1.20. The van der Waals surface area contributed by atoms with Crippen LogP contribution in [-0.2, 0) is 16.1 Å². The van der Waals surface area contributed by atoms with Crippen molar-refractivity contribution in [3.05, 3.63) is 12.4 Å². The molecule has 0 spiro atoms. The topological polar surface area (TPSA) is 97.1 Å². The molecule has 0 fully saturated rings. The van der Waals surface area contributed by atoms with Crippen molar-refractivity contribution in [1.82, 2.24) is 20.3 Å².